The summed E-state index contributed by atoms with van der Waals surface area (Å²) in [5.41, 5.74) is 11.1. The summed E-state index contributed by atoms with van der Waals surface area (Å²) in [6.07, 6.45) is 5.06. The summed E-state index contributed by atoms with van der Waals surface area (Å²) >= 11 is 0. The number of fused-ring (bicyclic) bond motifs is 1. The van der Waals surface area contributed by atoms with Crippen molar-refractivity contribution in [1.82, 2.24) is 29.8 Å². The van der Waals surface area contributed by atoms with Crippen molar-refractivity contribution in [2.45, 2.75) is 0 Å². The molecule has 13 nitrogen and oxygen atoms in total. The number of amides is 3. The molecule has 0 saturated carbocycles. The van der Waals surface area contributed by atoms with E-state index in [0.717, 1.165) is 22.5 Å². The van der Waals surface area contributed by atoms with Gasteiger partial charge in [-0.1, -0.05) is 0 Å². The van der Waals surface area contributed by atoms with Crippen LogP contribution in [0.3, 0.4) is 0 Å². The van der Waals surface area contributed by atoms with Crippen LogP contribution in [0.15, 0.2) is 73.2 Å². The molecule has 3 amide bonds. The van der Waals surface area contributed by atoms with Gasteiger partial charge < -0.3 is 30.9 Å². The first kappa shape index (κ1) is 28.4. The fraction of sp³-hybridized carbons (Fsp3) is 0.194. The average Bonchev–Trinajstić information content (AvgIpc) is 3.05. The van der Waals surface area contributed by atoms with Gasteiger partial charge in [-0.25, -0.2) is 24.7 Å². The van der Waals surface area contributed by atoms with Crippen molar-refractivity contribution in [3.63, 3.8) is 0 Å². The van der Waals surface area contributed by atoms with Crippen molar-refractivity contribution in [2.24, 2.45) is 0 Å². The molecule has 44 heavy (non-hydrogen) atoms. The average molecular weight is 591 g/mol. The zero-order chi connectivity index (χ0) is 30.6. The van der Waals surface area contributed by atoms with Crippen LogP contribution in [0.5, 0.6) is 0 Å². The van der Waals surface area contributed by atoms with Crippen molar-refractivity contribution in [3.05, 3.63) is 78.8 Å². The highest BCUT2D eigenvalue weighted by molar-refractivity contribution is 6.00. The second-order valence-electron chi connectivity index (χ2n) is 10.3. The Bertz CT molecular complexity index is 1800. The van der Waals surface area contributed by atoms with Gasteiger partial charge >= 0.3 is 6.03 Å². The largest absolute Gasteiger partial charge is 0.378 e. The van der Waals surface area contributed by atoms with Crippen molar-refractivity contribution >= 4 is 46.1 Å². The maximum absolute atomic E-state index is 12.6. The topological polar surface area (TPSA) is 164 Å². The SMILES string of the molecule is CN(C)C(=O)c1ccc(NC(=O)Nc2ccc(-c3nc(N4CCOCC4)c4ncc(-c5cnc(N)nc5)cc4n3)cc2)cc1. The lowest BCUT2D eigenvalue weighted by Crippen LogP contribution is -2.37. The van der Waals surface area contributed by atoms with Crippen LogP contribution in [-0.2, 0) is 4.74 Å². The van der Waals surface area contributed by atoms with E-state index in [2.05, 4.69) is 25.5 Å². The molecule has 1 aliphatic rings. The molecule has 1 aliphatic heterocycles. The molecule has 13 heteroatoms. The number of carbonyl (C=O) groups is 2. The van der Waals surface area contributed by atoms with Crippen LogP contribution in [0, 0.1) is 0 Å². The molecule has 1 fully saturated rings. The van der Waals surface area contributed by atoms with Crippen molar-refractivity contribution in [2.75, 3.05) is 61.7 Å². The van der Waals surface area contributed by atoms with Crippen LogP contribution in [-0.4, -0.2) is 82.2 Å². The lowest BCUT2D eigenvalue weighted by atomic mass is 10.1. The number of nitrogens with two attached hydrogens (primary N) is 1. The summed E-state index contributed by atoms with van der Waals surface area (Å²) in [4.78, 5) is 51.1. The third kappa shape index (κ3) is 6.22. The van der Waals surface area contributed by atoms with Gasteiger partial charge in [0.1, 0.15) is 5.52 Å². The zero-order valence-electron chi connectivity index (χ0n) is 24.2. The monoisotopic (exact) mass is 590 g/mol. The Morgan fingerprint density at radius 3 is 2.07 bits per heavy atom. The lowest BCUT2D eigenvalue weighted by Gasteiger charge is -2.28. The molecule has 1 saturated heterocycles. The molecule has 0 unspecified atom stereocenters. The first-order chi connectivity index (χ1) is 21.3. The van der Waals surface area contributed by atoms with Crippen LogP contribution in [0.1, 0.15) is 10.4 Å². The highest BCUT2D eigenvalue weighted by atomic mass is 16.5. The van der Waals surface area contributed by atoms with Gasteiger partial charge in [0, 0.05) is 79.4 Å². The number of morpholine rings is 1. The van der Waals surface area contributed by atoms with E-state index in [-0.39, 0.29) is 11.9 Å². The van der Waals surface area contributed by atoms with Crippen molar-refractivity contribution in [3.8, 4) is 22.5 Å². The Kier molecular flexibility index (Phi) is 7.93. The molecule has 222 valence electrons. The normalized spacial score (nSPS) is 13.0. The molecule has 5 aromatic rings. The highest BCUT2D eigenvalue weighted by Crippen LogP contribution is 2.30. The van der Waals surface area contributed by atoms with Gasteiger partial charge in [0.25, 0.3) is 5.91 Å². The van der Waals surface area contributed by atoms with Crippen LogP contribution in [0.4, 0.5) is 27.9 Å². The van der Waals surface area contributed by atoms with Gasteiger partial charge in [-0.2, -0.15) is 0 Å². The first-order valence-corrected chi connectivity index (χ1v) is 13.9. The Balaban J connectivity index is 1.24. The standard InChI is InChI=1S/C31H30N10O3/c1-40(2)29(42)20-5-9-24(10-6-20)37-31(43)36-23-7-3-19(4-8-23)27-38-25-15-21(22-17-34-30(32)35-18-22)16-33-26(25)28(39-27)41-11-13-44-14-12-41/h3-10,15-18H,11-14H2,1-2H3,(H2,32,34,35)(H2,36,37,43). The fourth-order valence-corrected chi connectivity index (χ4v) is 4.72. The Labute approximate surface area is 253 Å². The van der Waals surface area contributed by atoms with Gasteiger partial charge in [-0.3, -0.25) is 9.78 Å². The summed E-state index contributed by atoms with van der Waals surface area (Å²) in [6.45, 7) is 2.58. The van der Waals surface area contributed by atoms with Crippen LogP contribution in [0.25, 0.3) is 33.5 Å². The molecule has 0 aliphatic carbocycles. The number of ether oxygens (including phenoxy) is 1. The van der Waals surface area contributed by atoms with Gasteiger partial charge in [0.05, 0.1) is 18.7 Å². The van der Waals surface area contributed by atoms with Gasteiger partial charge in [-0.05, 0) is 54.6 Å². The number of benzene rings is 2. The Hall–Kier alpha value is -5.69. The summed E-state index contributed by atoms with van der Waals surface area (Å²) in [5.74, 6) is 1.34. The minimum Gasteiger partial charge on any atom is -0.378 e. The third-order valence-electron chi connectivity index (χ3n) is 7.03. The van der Waals surface area contributed by atoms with E-state index in [4.69, 9.17) is 25.4 Å². The summed E-state index contributed by atoms with van der Waals surface area (Å²) in [6, 6.07) is 15.5. The molecule has 3 aromatic heterocycles. The van der Waals surface area contributed by atoms with E-state index in [0.29, 0.717) is 60.1 Å². The summed E-state index contributed by atoms with van der Waals surface area (Å²) in [5, 5.41) is 5.61. The van der Waals surface area contributed by atoms with E-state index in [1.807, 2.05) is 18.2 Å². The second kappa shape index (κ2) is 12.3. The number of rotatable bonds is 6. The molecular weight excluding hydrogens is 560 g/mol. The summed E-state index contributed by atoms with van der Waals surface area (Å²) < 4.78 is 5.56. The molecule has 4 N–H and O–H groups in total. The minimum absolute atomic E-state index is 0.110. The Morgan fingerprint density at radius 2 is 1.43 bits per heavy atom. The number of nitrogens with zero attached hydrogens (tertiary/aromatic N) is 7. The number of urea groups is 1. The third-order valence-corrected chi connectivity index (χ3v) is 7.03. The van der Waals surface area contributed by atoms with Crippen molar-refractivity contribution in [1.29, 1.82) is 0 Å². The van der Waals surface area contributed by atoms with Gasteiger partial charge in [0.15, 0.2) is 11.6 Å². The molecule has 0 atom stereocenters. The number of nitrogens with one attached hydrogen (secondary N) is 2. The fourth-order valence-electron chi connectivity index (χ4n) is 4.72. The second-order valence-corrected chi connectivity index (χ2v) is 10.3. The molecule has 4 heterocycles. The van der Waals surface area contributed by atoms with E-state index in [9.17, 15) is 9.59 Å². The number of pyridine rings is 1. The Morgan fingerprint density at radius 1 is 0.818 bits per heavy atom. The molecule has 6 rings (SSSR count). The number of aromatic nitrogens is 5. The lowest BCUT2D eigenvalue weighted by molar-refractivity contribution is 0.0827. The zero-order valence-corrected chi connectivity index (χ0v) is 24.2. The van der Waals surface area contributed by atoms with E-state index < -0.39 is 6.03 Å². The molecule has 0 radical (unpaired) electrons. The van der Waals surface area contributed by atoms with Gasteiger partial charge in [-0.15, -0.1) is 0 Å². The first-order valence-electron chi connectivity index (χ1n) is 13.9. The van der Waals surface area contributed by atoms with Crippen LogP contribution >= 0.6 is 0 Å². The quantitative estimate of drug-likeness (QED) is 0.264. The number of hydrogen-bond donors (Lipinski definition) is 3. The molecule has 0 spiro atoms. The number of hydrogen-bond acceptors (Lipinski definition) is 10. The van der Waals surface area contributed by atoms with Crippen molar-refractivity contribution < 1.29 is 14.3 Å². The van der Waals surface area contributed by atoms with Gasteiger partial charge in [0.2, 0.25) is 5.95 Å². The summed E-state index contributed by atoms with van der Waals surface area (Å²) in [7, 11) is 3.38. The molecule has 0 bridgehead atoms. The predicted octanol–water partition coefficient (Wildman–Crippen LogP) is 3.91. The van der Waals surface area contributed by atoms with Crippen LogP contribution < -0.4 is 21.3 Å². The van der Waals surface area contributed by atoms with E-state index in [1.54, 1.807) is 69.1 Å². The number of anilines is 4. The van der Waals surface area contributed by atoms with E-state index in [1.165, 1.54) is 4.90 Å². The smallest absolute Gasteiger partial charge is 0.323 e. The predicted molar refractivity (Wildman–Crippen MR) is 168 cm³/mol. The highest BCUT2D eigenvalue weighted by Gasteiger charge is 2.20. The maximum Gasteiger partial charge on any atom is 0.323 e. The van der Waals surface area contributed by atoms with Crippen LogP contribution in [0.2, 0.25) is 0 Å². The van der Waals surface area contributed by atoms with E-state index >= 15 is 0 Å². The number of nitrogen functional groups attached to an aromatic ring is 1. The number of carbonyl (C=O) groups excluding carboxylic acids is 2. The molecular formula is C31H30N10O3. The maximum atomic E-state index is 12.6. The molecule has 2 aromatic carbocycles. The minimum atomic E-state index is -0.411.